The van der Waals surface area contributed by atoms with Gasteiger partial charge in [0.05, 0.1) is 6.07 Å². The molecular weight excluding hydrogens is 244 g/mol. The zero-order valence-corrected chi connectivity index (χ0v) is 9.37. The summed E-state index contributed by atoms with van der Waals surface area (Å²) in [5.74, 6) is -2.26. The summed E-state index contributed by atoms with van der Waals surface area (Å²) in [4.78, 5) is 30.1. The van der Waals surface area contributed by atoms with Gasteiger partial charge in [-0.3, -0.25) is 19.7 Å². The summed E-state index contributed by atoms with van der Waals surface area (Å²) in [5, 5.41) is 13.0. The number of hydrogen-bond acceptors (Lipinski definition) is 7. The van der Waals surface area contributed by atoms with Gasteiger partial charge < -0.3 is 9.73 Å². The third-order valence-corrected chi connectivity index (χ3v) is 2.15. The Morgan fingerprint density at radius 1 is 1.67 bits per heavy atom. The molecule has 1 atom stereocenters. The standard InChI is InChI=1S/C9H10N4O5/c1-6(14)11-9(10-4-5-17-12-9)7-2-3-8(18-7)13(15)16/h2-4,12H,5H2,1H3,(H,11,14). The van der Waals surface area contributed by atoms with E-state index in [-0.39, 0.29) is 12.4 Å². The lowest BCUT2D eigenvalue weighted by molar-refractivity contribution is -0.402. The Bertz CT molecular complexity index is 511. The van der Waals surface area contributed by atoms with E-state index in [1.54, 1.807) is 0 Å². The zero-order chi connectivity index (χ0) is 13.2. The molecule has 0 aliphatic carbocycles. The molecule has 9 nitrogen and oxygen atoms in total. The molecule has 0 radical (unpaired) electrons. The van der Waals surface area contributed by atoms with E-state index in [0.29, 0.717) is 0 Å². The highest BCUT2D eigenvalue weighted by Crippen LogP contribution is 2.26. The molecule has 0 saturated carbocycles. The van der Waals surface area contributed by atoms with Gasteiger partial charge in [-0.1, -0.05) is 0 Å². The number of aliphatic imine (C=N–C) groups is 1. The van der Waals surface area contributed by atoms with Crippen LogP contribution in [0, 0.1) is 10.1 Å². The average molecular weight is 254 g/mol. The van der Waals surface area contributed by atoms with Crippen molar-refractivity contribution in [3.8, 4) is 0 Å². The molecule has 1 aromatic heterocycles. The Morgan fingerprint density at radius 2 is 2.44 bits per heavy atom. The van der Waals surface area contributed by atoms with Crippen molar-refractivity contribution >= 4 is 18.0 Å². The summed E-state index contributed by atoms with van der Waals surface area (Å²) < 4.78 is 5.02. The van der Waals surface area contributed by atoms with Gasteiger partial charge in [0.25, 0.3) is 5.79 Å². The molecule has 0 saturated heterocycles. The van der Waals surface area contributed by atoms with Gasteiger partial charge in [-0.25, -0.2) is 4.99 Å². The molecule has 96 valence electrons. The lowest BCUT2D eigenvalue weighted by atomic mass is 10.2. The third kappa shape index (κ3) is 2.21. The molecule has 0 bridgehead atoms. The molecule has 2 N–H and O–H groups in total. The van der Waals surface area contributed by atoms with Crippen LogP contribution >= 0.6 is 0 Å². The number of nitro groups is 1. The van der Waals surface area contributed by atoms with E-state index >= 15 is 0 Å². The van der Waals surface area contributed by atoms with Crippen LogP contribution in [0.25, 0.3) is 0 Å². The summed E-state index contributed by atoms with van der Waals surface area (Å²) in [6.45, 7) is 1.50. The molecule has 0 fully saturated rings. The molecule has 1 aliphatic heterocycles. The topological polar surface area (TPSA) is 119 Å². The summed E-state index contributed by atoms with van der Waals surface area (Å²) in [7, 11) is 0. The number of nitrogens with zero attached hydrogens (tertiary/aromatic N) is 2. The van der Waals surface area contributed by atoms with Crippen LogP contribution in [0.1, 0.15) is 12.7 Å². The maximum atomic E-state index is 11.2. The molecule has 18 heavy (non-hydrogen) atoms. The van der Waals surface area contributed by atoms with E-state index in [4.69, 9.17) is 9.25 Å². The molecule has 1 aromatic rings. The Labute approximate surface area is 101 Å². The third-order valence-electron chi connectivity index (χ3n) is 2.15. The van der Waals surface area contributed by atoms with E-state index in [1.807, 2.05) is 0 Å². The maximum Gasteiger partial charge on any atom is 0.433 e. The lowest BCUT2D eigenvalue weighted by Gasteiger charge is -2.30. The smallest absolute Gasteiger partial charge is 0.399 e. The van der Waals surface area contributed by atoms with Crippen molar-refractivity contribution in [2.45, 2.75) is 12.7 Å². The van der Waals surface area contributed by atoms with Crippen molar-refractivity contribution in [3.63, 3.8) is 0 Å². The van der Waals surface area contributed by atoms with E-state index in [1.165, 1.54) is 25.3 Å². The lowest BCUT2D eigenvalue weighted by Crippen LogP contribution is -2.56. The highest BCUT2D eigenvalue weighted by Gasteiger charge is 2.39. The van der Waals surface area contributed by atoms with Crippen LogP contribution in [0.3, 0.4) is 0 Å². The molecule has 0 aromatic carbocycles. The van der Waals surface area contributed by atoms with Crippen LogP contribution in [-0.2, 0) is 15.4 Å². The van der Waals surface area contributed by atoms with Crippen LogP contribution in [0.4, 0.5) is 5.88 Å². The van der Waals surface area contributed by atoms with Crippen LogP contribution in [0.15, 0.2) is 21.5 Å². The van der Waals surface area contributed by atoms with Crippen molar-refractivity contribution in [2.75, 3.05) is 6.61 Å². The predicted molar refractivity (Wildman–Crippen MR) is 58.4 cm³/mol. The fourth-order valence-corrected chi connectivity index (χ4v) is 1.49. The van der Waals surface area contributed by atoms with E-state index in [2.05, 4.69) is 15.8 Å². The molecule has 9 heteroatoms. The first-order chi connectivity index (χ1) is 8.53. The van der Waals surface area contributed by atoms with Crippen molar-refractivity contribution in [3.05, 3.63) is 28.0 Å². The van der Waals surface area contributed by atoms with Crippen LogP contribution in [0.2, 0.25) is 0 Å². The summed E-state index contributed by atoms with van der Waals surface area (Å²) >= 11 is 0. The van der Waals surface area contributed by atoms with Gasteiger partial charge in [0.1, 0.15) is 11.5 Å². The fraction of sp³-hybridized carbons (Fsp3) is 0.333. The molecule has 2 heterocycles. The molecule has 1 unspecified atom stereocenters. The van der Waals surface area contributed by atoms with Crippen molar-refractivity contribution in [1.82, 2.24) is 10.8 Å². The number of hydrogen-bond donors (Lipinski definition) is 2. The van der Waals surface area contributed by atoms with Gasteiger partial charge in [-0.05, 0) is 6.07 Å². The SMILES string of the molecule is CC(=O)NC1(c2ccc([N+](=O)[O-])o2)N=CCON1. The van der Waals surface area contributed by atoms with Crippen molar-refractivity contribution < 1.29 is 19.0 Å². The highest BCUT2D eigenvalue weighted by atomic mass is 16.7. The van der Waals surface area contributed by atoms with Crippen LogP contribution in [0.5, 0.6) is 0 Å². The van der Waals surface area contributed by atoms with E-state index in [9.17, 15) is 14.9 Å². The van der Waals surface area contributed by atoms with Gasteiger partial charge in [0.2, 0.25) is 5.91 Å². The summed E-state index contributed by atoms with van der Waals surface area (Å²) in [6.07, 6.45) is 1.42. The number of rotatable bonds is 3. The van der Waals surface area contributed by atoms with Gasteiger partial charge in [0.15, 0.2) is 5.76 Å². The van der Waals surface area contributed by atoms with Gasteiger partial charge in [-0.2, -0.15) is 0 Å². The second kappa shape index (κ2) is 4.55. The van der Waals surface area contributed by atoms with Gasteiger partial charge >= 0.3 is 5.88 Å². The molecule has 1 amide bonds. The Morgan fingerprint density at radius 3 is 2.94 bits per heavy atom. The first-order valence-electron chi connectivity index (χ1n) is 4.99. The molecule has 1 aliphatic rings. The predicted octanol–water partition coefficient (Wildman–Crippen LogP) is 0.0398. The monoisotopic (exact) mass is 254 g/mol. The summed E-state index contributed by atoms with van der Waals surface area (Å²) in [5.41, 5.74) is 2.49. The van der Waals surface area contributed by atoms with Gasteiger partial charge in [0, 0.05) is 13.1 Å². The van der Waals surface area contributed by atoms with E-state index < -0.39 is 22.5 Å². The molecular formula is C9H10N4O5. The Hall–Kier alpha value is -2.26. The number of nitrogens with one attached hydrogen (secondary N) is 2. The van der Waals surface area contributed by atoms with Gasteiger partial charge in [-0.15, -0.1) is 5.48 Å². The van der Waals surface area contributed by atoms with Crippen molar-refractivity contribution in [1.29, 1.82) is 0 Å². The number of hydroxylamine groups is 1. The largest absolute Gasteiger partial charge is 0.433 e. The normalized spacial score (nSPS) is 22.7. The molecule has 0 spiro atoms. The average Bonchev–Trinajstić information content (AvgIpc) is 2.79. The quantitative estimate of drug-likeness (QED) is 0.580. The number of furan rings is 1. The highest BCUT2D eigenvalue weighted by molar-refractivity contribution is 5.74. The second-order valence-electron chi connectivity index (χ2n) is 3.51. The van der Waals surface area contributed by atoms with E-state index in [0.717, 1.165) is 0 Å². The fourth-order valence-electron chi connectivity index (χ4n) is 1.49. The van der Waals surface area contributed by atoms with Crippen LogP contribution < -0.4 is 10.8 Å². The molecule has 2 rings (SSSR count). The maximum absolute atomic E-state index is 11.2. The van der Waals surface area contributed by atoms with Crippen LogP contribution in [-0.4, -0.2) is 23.7 Å². The first-order valence-corrected chi connectivity index (χ1v) is 4.99. The second-order valence-corrected chi connectivity index (χ2v) is 3.51. The number of carbonyl (C=O) groups excluding carboxylic acids is 1. The minimum atomic E-state index is -1.47. The first kappa shape index (κ1) is 12.2. The minimum Gasteiger partial charge on any atom is -0.399 e. The van der Waals surface area contributed by atoms with Crippen molar-refractivity contribution in [2.24, 2.45) is 4.99 Å². The minimum absolute atomic E-state index is 0.0559. The number of amides is 1. The Kier molecular flexibility index (Phi) is 3.08. The Balaban J connectivity index is 2.38. The summed E-state index contributed by atoms with van der Waals surface area (Å²) in [6, 6.07) is 2.51. The number of carbonyl (C=O) groups is 1. The zero-order valence-electron chi connectivity index (χ0n) is 9.37.